The molecule has 1 aromatic carbocycles. The number of benzene rings is 1. The number of H-pyrrole nitrogens is 1. The Morgan fingerprint density at radius 1 is 1.17 bits per heavy atom. The van der Waals surface area contributed by atoms with E-state index in [1.54, 1.807) is 6.08 Å². The number of aromatic nitrogens is 4. The summed E-state index contributed by atoms with van der Waals surface area (Å²) in [6.45, 7) is 3.74. The van der Waals surface area contributed by atoms with Gasteiger partial charge in [0.1, 0.15) is 11.6 Å². The number of rotatable bonds is 10. The molecule has 0 aliphatic rings. The quantitative estimate of drug-likeness (QED) is 0.361. The van der Waals surface area contributed by atoms with E-state index >= 15 is 0 Å². The van der Waals surface area contributed by atoms with Gasteiger partial charge in [0.05, 0.1) is 29.9 Å². The third-order valence-electron chi connectivity index (χ3n) is 5.32. The molecule has 0 bridgehead atoms. The highest BCUT2D eigenvalue weighted by molar-refractivity contribution is 7.92. The zero-order chi connectivity index (χ0) is 26.6. The van der Waals surface area contributed by atoms with Crippen molar-refractivity contribution in [2.75, 3.05) is 17.6 Å². The normalized spacial score (nSPS) is 13.9. The smallest absolute Gasteiger partial charge is 0.393 e. The Bertz CT molecular complexity index is 1380. The molecule has 0 aliphatic heterocycles. The first-order valence-corrected chi connectivity index (χ1v) is 12.9. The lowest BCUT2D eigenvalue weighted by Crippen LogP contribution is -2.27. The van der Waals surface area contributed by atoms with E-state index in [0.717, 1.165) is 10.6 Å². The number of nitrogens with one attached hydrogen (secondary N) is 1. The standard InChI is InChI=1S/C23H28FN5O6S/c1-13(2)20-18(10-9-16(30)11-17(31)12-19-25-23(32)35-28-19)21(14-5-7-15(24)8-6-14)27-22(26-20)29(3)36(4,33)34/h5-10,13,16-17,30-31H,11-12H2,1-4H3,(H,25,28,32)/b10-9+/t16-,17-/m1/s1. The van der Waals surface area contributed by atoms with E-state index in [1.807, 2.05) is 13.8 Å². The number of halogens is 1. The van der Waals surface area contributed by atoms with Gasteiger partial charge in [-0.05, 0) is 30.2 Å². The summed E-state index contributed by atoms with van der Waals surface area (Å²) in [5.74, 6) is -1.30. The molecule has 194 valence electrons. The highest BCUT2D eigenvalue weighted by Crippen LogP contribution is 2.31. The number of hydrogen-bond acceptors (Lipinski definition) is 9. The van der Waals surface area contributed by atoms with Gasteiger partial charge in [0.25, 0.3) is 0 Å². The SMILES string of the molecule is CC(C)c1nc(N(C)S(C)(=O)=O)nc(-c2ccc(F)cc2)c1/C=C/[C@@H](O)C[C@@H](O)Cc1nc(=O)o[nH]1. The lowest BCUT2D eigenvalue weighted by Gasteiger charge is -2.20. The lowest BCUT2D eigenvalue weighted by atomic mass is 9.97. The predicted octanol–water partition coefficient (Wildman–Crippen LogP) is 1.85. The van der Waals surface area contributed by atoms with E-state index in [2.05, 4.69) is 24.6 Å². The summed E-state index contributed by atoms with van der Waals surface area (Å²) >= 11 is 0. The Kier molecular flexibility index (Phi) is 8.38. The zero-order valence-corrected chi connectivity index (χ0v) is 21.0. The Hall–Kier alpha value is -3.42. The predicted molar refractivity (Wildman–Crippen MR) is 131 cm³/mol. The molecule has 0 aliphatic carbocycles. The molecule has 0 radical (unpaired) electrons. The first kappa shape index (κ1) is 27.2. The summed E-state index contributed by atoms with van der Waals surface area (Å²) in [5.41, 5.74) is 1.90. The molecule has 0 saturated heterocycles. The molecule has 2 heterocycles. The Morgan fingerprint density at radius 2 is 1.83 bits per heavy atom. The molecule has 0 saturated carbocycles. The van der Waals surface area contributed by atoms with Gasteiger partial charge in [0, 0.05) is 31.0 Å². The van der Waals surface area contributed by atoms with E-state index < -0.39 is 33.8 Å². The van der Waals surface area contributed by atoms with Gasteiger partial charge in [-0.3, -0.25) is 0 Å². The van der Waals surface area contributed by atoms with E-state index in [-0.39, 0.29) is 30.5 Å². The van der Waals surface area contributed by atoms with Crippen LogP contribution >= 0.6 is 0 Å². The zero-order valence-electron chi connectivity index (χ0n) is 20.2. The fourth-order valence-electron chi connectivity index (χ4n) is 3.41. The minimum atomic E-state index is -3.65. The molecule has 3 N–H and O–H groups in total. The van der Waals surface area contributed by atoms with Gasteiger partial charge >= 0.3 is 5.76 Å². The van der Waals surface area contributed by atoms with Crippen molar-refractivity contribution in [2.45, 2.75) is 44.8 Å². The van der Waals surface area contributed by atoms with Crippen LogP contribution in [0.4, 0.5) is 10.3 Å². The summed E-state index contributed by atoms with van der Waals surface area (Å²) in [7, 11) is -2.31. The van der Waals surface area contributed by atoms with Crippen molar-refractivity contribution >= 4 is 22.0 Å². The Labute approximate surface area is 207 Å². The van der Waals surface area contributed by atoms with Gasteiger partial charge in [0.2, 0.25) is 16.0 Å². The minimum Gasteiger partial charge on any atom is -0.393 e. The molecule has 2 aromatic heterocycles. The third kappa shape index (κ3) is 6.83. The lowest BCUT2D eigenvalue weighted by molar-refractivity contribution is 0.103. The van der Waals surface area contributed by atoms with Gasteiger partial charge in [-0.15, -0.1) is 0 Å². The maximum Gasteiger partial charge on any atom is 0.459 e. The second-order valence-corrected chi connectivity index (χ2v) is 10.6. The van der Waals surface area contributed by atoms with E-state index in [1.165, 1.54) is 37.4 Å². The van der Waals surface area contributed by atoms with Crippen LogP contribution in [-0.2, 0) is 16.4 Å². The highest BCUT2D eigenvalue weighted by atomic mass is 32.2. The van der Waals surface area contributed by atoms with Crippen LogP contribution < -0.4 is 10.1 Å². The van der Waals surface area contributed by atoms with E-state index in [0.29, 0.717) is 22.5 Å². The van der Waals surface area contributed by atoms with Crippen molar-refractivity contribution in [1.82, 2.24) is 20.1 Å². The number of sulfonamides is 1. The van der Waals surface area contributed by atoms with Gasteiger partial charge in [-0.25, -0.2) is 37.0 Å². The van der Waals surface area contributed by atoms with Crippen LogP contribution in [0.15, 0.2) is 39.7 Å². The van der Waals surface area contributed by atoms with Crippen molar-refractivity contribution in [3.8, 4) is 11.3 Å². The monoisotopic (exact) mass is 521 g/mol. The van der Waals surface area contributed by atoms with Gasteiger partial charge in [0.15, 0.2) is 0 Å². The third-order valence-corrected chi connectivity index (χ3v) is 6.48. The maximum atomic E-state index is 13.6. The van der Waals surface area contributed by atoms with Crippen molar-refractivity contribution in [3.63, 3.8) is 0 Å². The van der Waals surface area contributed by atoms with Crippen LogP contribution in [0.5, 0.6) is 0 Å². The van der Waals surface area contributed by atoms with Crippen LogP contribution in [0.2, 0.25) is 0 Å². The topological polar surface area (TPSA) is 163 Å². The van der Waals surface area contributed by atoms with Gasteiger partial charge in [-0.2, -0.15) is 4.98 Å². The largest absolute Gasteiger partial charge is 0.459 e. The van der Waals surface area contributed by atoms with Gasteiger partial charge in [-0.1, -0.05) is 26.0 Å². The molecule has 0 fully saturated rings. The molecule has 0 spiro atoms. The van der Waals surface area contributed by atoms with Crippen LogP contribution in [-0.4, -0.2) is 64.3 Å². The maximum absolute atomic E-state index is 13.6. The summed E-state index contributed by atoms with van der Waals surface area (Å²) in [4.78, 5) is 23.5. The van der Waals surface area contributed by atoms with Crippen LogP contribution in [0.25, 0.3) is 17.3 Å². The van der Waals surface area contributed by atoms with E-state index in [4.69, 9.17) is 0 Å². The molecule has 0 unspecified atom stereocenters. The van der Waals surface area contributed by atoms with Crippen molar-refractivity contribution in [2.24, 2.45) is 0 Å². The molecule has 36 heavy (non-hydrogen) atoms. The average Bonchev–Trinajstić information content (AvgIpc) is 3.20. The van der Waals surface area contributed by atoms with Crippen molar-refractivity contribution in [1.29, 1.82) is 0 Å². The van der Waals surface area contributed by atoms with Crippen LogP contribution in [0.1, 0.15) is 43.3 Å². The summed E-state index contributed by atoms with van der Waals surface area (Å²) in [5, 5.41) is 23.0. The molecule has 3 aromatic rings. The number of nitrogens with zero attached hydrogens (tertiary/aromatic N) is 4. The summed E-state index contributed by atoms with van der Waals surface area (Å²) in [6.07, 6.45) is 1.88. The number of aliphatic hydroxyl groups excluding tert-OH is 2. The van der Waals surface area contributed by atoms with Crippen LogP contribution in [0.3, 0.4) is 0 Å². The Morgan fingerprint density at radius 3 is 2.39 bits per heavy atom. The second kappa shape index (κ2) is 11.1. The van der Waals surface area contributed by atoms with Gasteiger partial charge < -0.3 is 14.7 Å². The average molecular weight is 522 g/mol. The van der Waals surface area contributed by atoms with Crippen molar-refractivity contribution < 1.29 is 27.5 Å². The highest BCUT2D eigenvalue weighted by Gasteiger charge is 2.22. The molecule has 3 rings (SSSR count). The molecule has 0 amide bonds. The molecular formula is C23H28FN5O6S. The second-order valence-electron chi connectivity index (χ2n) is 8.61. The van der Waals surface area contributed by atoms with Crippen LogP contribution in [0, 0.1) is 5.82 Å². The fraction of sp³-hybridized carbons (Fsp3) is 0.391. The molecule has 11 nitrogen and oxygen atoms in total. The minimum absolute atomic E-state index is 0.0235. The number of aromatic amines is 1. The first-order chi connectivity index (χ1) is 16.8. The number of hydrogen-bond donors (Lipinski definition) is 3. The van der Waals surface area contributed by atoms with Crippen molar-refractivity contribution in [3.05, 3.63) is 63.8 Å². The molecule has 13 heteroatoms. The fourth-order valence-corrected chi connectivity index (χ4v) is 3.79. The first-order valence-electron chi connectivity index (χ1n) is 11.1. The number of aliphatic hydroxyl groups is 2. The summed E-state index contributed by atoms with van der Waals surface area (Å²) in [6, 6.07) is 5.56. The van der Waals surface area contributed by atoms with E-state index in [9.17, 15) is 27.8 Å². The Balaban J connectivity index is 1.99. The number of anilines is 1. The molecule has 2 atom stereocenters. The molecular weight excluding hydrogens is 493 g/mol. The summed E-state index contributed by atoms with van der Waals surface area (Å²) < 4.78 is 43.3.